The van der Waals surface area contributed by atoms with E-state index in [0.717, 1.165) is 24.8 Å². The minimum absolute atomic E-state index is 0.0391. The highest BCUT2D eigenvalue weighted by molar-refractivity contribution is 5.86. The summed E-state index contributed by atoms with van der Waals surface area (Å²) in [5, 5.41) is 14.8. The Morgan fingerprint density at radius 2 is 1.77 bits per heavy atom. The Labute approximate surface area is 153 Å². The largest absolute Gasteiger partial charge is 0.273 e. The number of hydrogen-bond acceptors (Lipinski definition) is 4. The smallest absolute Gasteiger partial charge is 0.269 e. The Kier molecular flexibility index (Phi) is 3.72. The van der Waals surface area contributed by atoms with Crippen LogP contribution in [0.3, 0.4) is 0 Å². The average molecular weight is 355 g/mol. The molecule has 1 amide bonds. The van der Waals surface area contributed by atoms with E-state index in [2.05, 4.69) is 24.4 Å². The van der Waals surface area contributed by atoms with Gasteiger partial charge in [0, 0.05) is 12.1 Å². The van der Waals surface area contributed by atoms with Crippen molar-refractivity contribution < 1.29 is 9.72 Å². The Bertz CT molecular complexity index is 768. The summed E-state index contributed by atoms with van der Waals surface area (Å²) in [4.78, 5) is 23.3. The zero-order valence-electron chi connectivity index (χ0n) is 15.3. The van der Waals surface area contributed by atoms with Gasteiger partial charge in [-0.2, -0.15) is 5.10 Å². The summed E-state index contributed by atoms with van der Waals surface area (Å²) in [7, 11) is 0. The van der Waals surface area contributed by atoms with E-state index in [1.54, 1.807) is 18.3 Å². The number of benzene rings is 1. The van der Waals surface area contributed by atoms with Crippen LogP contribution in [0, 0.1) is 32.3 Å². The second kappa shape index (κ2) is 5.63. The summed E-state index contributed by atoms with van der Waals surface area (Å²) in [5.74, 6) is 0.697. The number of nitrogens with zero attached hydrogens (tertiary/aromatic N) is 2. The fraction of sp³-hybridized carbons (Fsp3) is 0.600. The molecule has 1 aromatic rings. The average Bonchev–Trinajstić information content (AvgIpc) is 2.51. The van der Waals surface area contributed by atoms with Gasteiger partial charge in [0.2, 0.25) is 5.91 Å². The highest BCUT2D eigenvalue weighted by Crippen LogP contribution is 2.69. The molecule has 2 unspecified atom stereocenters. The van der Waals surface area contributed by atoms with Crippen LogP contribution in [-0.2, 0) is 4.79 Å². The molecular weight excluding hydrogens is 330 g/mol. The van der Waals surface area contributed by atoms with Crippen LogP contribution in [0.1, 0.15) is 57.9 Å². The lowest BCUT2D eigenvalue weighted by molar-refractivity contribution is -0.384. The van der Waals surface area contributed by atoms with Crippen molar-refractivity contribution in [2.75, 3.05) is 0 Å². The third kappa shape index (κ3) is 2.91. The fourth-order valence-corrected chi connectivity index (χ4v) is 6.67. The lowest BCUT2D eigenvalue weighted by atomic mass is 9.40. The maximum Gasteiger partial charge on any atom is 0.269 e. The lowest BCUT2D eigenvalue weighted by Gasteiger charge is -2.64. The Morgan fingerprint density at radius 3 is 2.31 bits per heavy atom. The van der Waals surface area contributed by atoms with Crippen molar-refractivity contribution in [3.63, 3.8) is 0 Å². The van der Waals surface area contributed by atoms with Crippen molar-refractivity contribution in [3.8, 4) is 0 Å². The van der Waals surface area contributed by atoms with E-state index in [1.165, 1.54) is 31.4 Å². The zero-order valence-corrected chi connectivity index (χ0v) is 15.3. The highest BCUT2D eigenvalue weighted by Gasteiger charge is 2.62. The summed E-state index contributed by atoms with van der Waals surface area (Å²) in [5.41, 5.74) is 3.81. The van der Waals surface area contributed by atoms with E-state index in [4.69, 9.17) is 0 Å². The molecule has 26 heavy (non-hydrogen) atoms. The number of non-ortho nitro benzene ring substituents is 1. The first kappa shape index (κ1) is 17.2. The molecule has 4 saturated carbocycles. The van der Waals surface area contributed by atoms with E-state index in [0.29, 0.717) is 5.92 Å². The standard InChI is InChI=1S/C20H25N3O3/c1-18-7-15-8-19(2,11-18)13-20(9-15,12-18)17(24)22-21-10-14-3-5-16(6-4-14)23(25)26/h3-6,10,15H,7-9,11-13H2,1-2H3,(H,22,24)/b21-10+. The molecule has 4 aliphatic rings. The fourth-order valence-electron chi connectivity index (χ4n) is 6.67. The van der Waals surface area contributed by atoms with Gasteiger partial charge in [-0.15, -0.1) is 0 Å². The number of nitro benzene ring substituents is 1. The van der Waals surface area contributed by atoms with Crippen LogP contribution < -0.4 is 5.43 Å². The molecule has 0 aliphatic heterocycles. The molecule has 0 radical (unpaired) electrons. The van der Waals surface area contributed by atoms with Crippen molar-refractivity contribution in [2.45, 2.75) is 52.4 Å². The predicted molar refractivity (Wildman–Crippen MR) is 98.7 cm³/mol. The van der Waals surface area contributed by atoms with Gasteiger partial charge in [-0.05, 0) is 73.0 Å². The Balaban J connectivity index is 1.46. The number of hydrogen-bond donors (Lipinski definition) is 1. The van der Waals surface area contributed by atoms with Gasteiger partial charge in [0.05, 0.1) is 16.6 Å². The van der Waals surface area contributed by atoms with Gasteiger partial charge < -0.3 is 0 Å². The topological polar surface area (TPSA) is 84.6 Å². The van der Waals surface area contributed by atoms with E-state index < -0.39 is 4.92 Å². The normalized spacial score (nSPS) is 37.8. The molecule has 1 aromatic carbocycles. The number of rotatable bonds is 4. The quantitative estimate of drug-likeness (QED) is 0.502. The summed E-state index contributed by atoms with van der Waals surface area (Å²) in [6, 6.07) is 6.12. The third-order valence-corrected chi connectivity index (χ3v) is 6.59. The van der Waals surface area contributed by atoms with Crippen LogP contribution in [0.4, 0.5) is 5.69 Å². The van der Waals surface area contributed by atoms with E-state index in [9.17, 15) is 14.9 Å². The van der Waals surface area contributed by atoms with Gasteiger partial charge >= 0.3 is 0 Å². The molecule has 4 fully saturated rings. The number of nitro groups is 1. The SMILES string of the molecule is CC12CC3CC(C)(C1)CC(C(=O)N/N=C/c1ccc([N+](=O)[O-])cc1)(C3)C2. The first-order valence-electron chi connectivity index (χ1n) is 9.29. The van der Waals surface area contributed by atoms with Crippen LogP contribution in [-0.4, -0.2) is 17.0 Å². The van der Waals surface area contributed by atoms with E-state index >= 15 is 0 Å². The lowest BCUT2D eigenvalue weighted by Crippen LogP contribution is -2.59. The maximum atomic E-state index is 13.0. The van der Waals surface area contributed by atoms with Gasteiger partial charge in [0.25, 0.3) is 5.69 Å². The zero-order chi connectivity index (χ0) is 18.6. The molecule has 6 nitrogen and oxygen atoms in total. The molecule has 138 valence electrons. The third-order valence-electron chi connectivity index (χ3n) is 6.59. The summed E-state index contributed by atoms with van der Waals surface area (Å²) in [6.45, 7) is 4.69. The molecule has 4 aliphatic carbocycles. The van der Waals surface area contributed by atoms with Gasteiger partial charge in [0.1, 0.15) is 0 Å². The molecule has 6 heteroatoms. The number of nitrogens with one attached hydrogen (secondary N) is 1. The summed E-state index contributed by atoms with van der Waals surface area (Å²) < 4.78 is 0. The molecule has 0 saturated heterocycles. The molecule has 4 bridgehead atoms. The van der Waals surface area contributed by atoms with E-state index in [-0.39, 0.29) is 27.8 Å². The molecule has 2 atom stereocenters. The number of amides is 1. The number of carbonyl (C=O) groups is 1. The first-order chi connectivity index (χ1) is 12.2. The molecule has 1 N–H and O–H groups in total. The second-order valence-corrected chi connectivity index (χ2v) is 9.46. The molecular formula is C20H25N3O3. The van der Waals surface area contributed by atoms with Crippen molar-refractivity contribution in [1.29, 1.82) is 0 Å². The van der Waals surface area contributed by atoms with Gasteiger partial charge in [-0.25, -0.2) is 5.43 Å². The minimum atomic E-state index is -0.434. The first-order valence-corrected chi connectivity index (χ1v) is 9.29. The Morgan fingerprint density at radius 1 is 1.15 bits per heavy atom. The van der Waals surface area contributed by atoms with Gasteiger partial charge in [-0.1, -0.05) is 13.8 Å². The monoisotopic (exact) mass is 355 g/mol. The second-order valence-electron chi connectivity index (χ2n) is 9.46. The van der Waals surface area contributed by atoms with Crippen LogP contribution in [0.5, 0.6) is 0 Å². The van der Waals surface area contributed by atoms with Crippen molar-refractivity contribution in [3.05, 3.63) is 39.9 Å². The summed E-state index contributed by atoms with van der Waals surface area (Å²) >= 11 is 0. The van der Waals surface area contributed by atoms with Crippen molar-refractivity contribution >= 4 is 17.8 Å². The Hall–Kier alpha value is -2.24. The van der Waals surface area contributed by atoms with Crippen LogP contribution in [0.2, 0.25) is 0 Å². The van der Waals surface area contributed by atoms with Crippen LogP contribution >= 0.6 is 0 Å². The summed E-state index contributed by atoms with van der Waals surface area (Å²) in [6.07, 6.45) is 8.20. The highest BCUT2D eigenvalue weighted by atomic mass is 16.6. The molecule has 0 spiro atoms. The number of hydrazone groups is 1. The van der Waals surface area contributed by atoms with Gasteiger partial charge in [0.15, 0.2) is 0 Å². The molecule has 0 aromatic heterocycles. The van der Waals surface area contributed by atoms with Crippen molar-refractivity contribution in [1.82, 2.24) is 5.43 Å². The van der Waals surface area contributed by atoms with Crippen LogP contribution in [0.25, 0.3) is 0 Å². The molecule has 5 rings (SSSR count). The number of carbonyl (C=O) groups excluding carboxylic acids is 1. The maximum absolute atomic E-state index is 13.0. The predicted octanol–water partition coefficient (Wildman–Crippen LogP) is 4.04. The van der Waals surface area contributed by atoms with Crippen LogP contribution in [0.15, 0.2) is 29.4 Å². The molecule has 0 heterocycles. The van der Waals surface area contributed by atoms with Crippen molar-refractivity contribution in [2.24, 2.45) is 27.3 Å². The minimum Gasteiger partial charge on any atom is -0.273 e. The van der Waals surface area contributed by atoms with Gasteiger partial charge in [-0.3, -0.25) is 14.9 Å². The van der Waals surface area contributed by atoms with E-state index in [1.807, 2.05) is 0 Å².